The fourth-order valence-electron chi connectivity index (χ4n) is 6.73. The molecular weight excluding hydrogens is 656 g/mol. The molecule has 52 heavy (non-hydrogen) atoms. The van der Waals surface area contributed by atoms with Crippen LogP contribution in [0.3, 0.4) is 0 Å². The van der Waals surface area contributed by atoms with Crippen LogP contribution in [0, 0.1) is 11.8 Å². The van der Waals surface area contributed by atoms with Gasteiger partial charge in [0, 0.05) is 24.7 Å². The molecule has 0 saturated carbocycles. The van der Waals surface area contributed by atoms with E-state index in [0.717, 1.165) is 49.7 Å². The zero-order valence-electron chi connectivity index (χ0n) is 32.9. The lowest BCUT2D eigenvalue weighted by Gasteiger charge is -2.27. The highest BCUT2D eigenvalue weighted by molar-refractivity contribution is 5.69. The Balaban J connectivity index is 2.09. The number of esters is 2. The topological polar surface area (TPSA) is 112 Å². The summed E-state index contributed by atoms with van der Waals surface area (Å²) in [5.41, 5.74) is 1.81. The van der Waals surface area contributed by atoms with Crippen LogP contribution in [0.4, 0.5) is 0 Å². The lowest BCUT2D eigenvalue weighted by atomic mass is 9.83. The number of phenols is 2. The molecule has 2 N–H and O–H groups in total. The Bertz CT molecular complexity index is 1150. The molecule has 0 fully saturated rings. The number of unbranched alkanes of at least 4 members (excludes halogenated alkanes) is 16. The van der Waals surface area contributed by atoms with Gasteiger partial charge in [-0.1, -0.05) is 129 Å². The number of methoxy groups -OCH3 is 2. The van der Waals surface area contributed by atoms with Crippen molar-refractivity contribution in [3.05, 3.63) is 47.5 Å². The first-order valence-corrected chi connectivity index (χ1v) is 20.3. The van der Waals surface area contributed by atoms with E-state index in [4.69, 9.17) is 18.9 Å². The van der Waals surface area contributed by atoms with Crippen molar-refractivity contribution in [3.63, 3.8) is 0 Å². The molecule has 2 rings (SSSR count). The Kier molecular flexibility index (Phi) is 24.2. The van der Waals surface area contributed by atoms with Gasteiger partial charge in [-0.25, -0.2) is 0 Å². The Morgan fingerprint density at radius 3 is 1.17 bits per heavy atom. The predicted octanol–water partition coefficient (Wildman–Crippen LogP) is 11.1. The summed E-state index contributed by atoms with van der Waals surface area (Å²) in [5, 5.41) is 20.5. The highest BCUT2D eigenvalue weighted by Gasteiger charge is 2.27. The summed E-state index contributed by atoms with van der Waals surface area (Å²) in [6.07, 6.45) is 22.9. The van der Waals surface area contributed by atoms with E-state index < -0.39 is 0 Å². The lowest BCUT2D eigenvalue weighted by Crippen LogP contribution is -2.30. The minimum absolute atomic E-state index is 0.0494. The Morgan fingerprint density at radius 2 is 0.846 bits per heavy atom. The second kappa shape index (κ2) is 28.1. The zero-order valence-corrected chi connectivity index (χ0v) is 32.9. The predicted molar refractivity (Wildman–Crippen MR) is 209 cm³/mol. The van der Waals surface area contributed by atoms with Crippen molar-refractivity contribution in [1.29, 1.82) is 0 Å². The van der Waals surface area contributed by atoms with Gasteiger partial charge in [-0.05, 0) is 61.1 Å². The van der Waals surface area contributed by atoms with Crippen LogP contribution in [0.5, 0.6) is 23.0 Å². The van der Waals surface area contributed by atoms with Gasteiger partial charge >= 0.3 is 11.9 Å². The third-order valence-corrected chi connectivity index (χ3v) is 10.0. The van der Waals surface area contributed by atoms with Crippen molar-refractivity contribution in [2.75, 3.05) is 27.4 Å². The Labute approximate surface area is 315 Å². The fraction of sp³-hybridized carbons (Fsp3) is 0.682. The SMILES string of the molecule is CCCCCCCCCCCC(=O)OCC(Cc1ccc(O)c(OC)c1)C(COC(=O)CCCCCCCCCCC)Cc1ccc(O)c(OC)c1. The maximum atomic E-state index is 13.0. The summed E-state index contributed by atoms with van der Waals surface area (Å²) >= 11 is 0. The summed E-state index contributed by atoms with van der Waals surface area (Å²) in [4.78, 5) is 25.9. The fourth-order valence-corrected chi connectivity index (χ4v) is 6.73. The van der Waals surface area contributed by atoms with Crippen LogP contribution in [0.2, 0.25) is 0 Å². The average Bonchev–Trinajstić information content (AvgIpc) is 3.14. The number of rotatable bonds is 31. The average molecular weight is 727 g/mol. The molecule has 0 saturated heterocycles. The van der Waals surface area contributed by atoms with Crippen LogP contribution < -0.4 is 9.47 Å². The van der Waals surface area contributed by atoms with Gasteiger partial charge in [0.1, 0.15) is 0 Å². The van der Waals surface area contributed by atoms with E-state index in [1.807, 2.05) is 12.1 Å². The Hall–Kier alpha value is -3.42. The van der Waals surface area contributed by atoms with Crippen LogP contribution >= 0.6 is 0 Å². The molecule has 0 radical (unpaired) electrons. The summed E-state index contributed by atoms with van der Waals surface area (Å²) in [5.74, 6) is -0.0196. The van der Waals surface area contributed by atoms with Crippen LogP contribution in [0.25, 0.3) is 0 Å². The number of hydrogen-bond donors (Lipinski definition) is 2. The van der Waals surface area contributed by atoms with E-state index in [0.29, 0.717) is 37.2 Å². The van der Waals surface area contributed by atoms with Gasteiger partial charge in [-0.15, -0.1) is 0 Å². The summed E-state index contributed by atoms with van der Waals surface area (Å²) in [7, 11) is 3.03. The van der Waals surface area contributed by atoms with E-state index in [2.05, 4.69) is 13.8 Å². The van der Waals surface area contributed by atoms with Crippen molar-refractivity contribution in [1.82, 2.24) is 0 Å². The highest BCUT2D eigenvalue weighted by Crippen LogP contribution is 2.32. The van der Waals surface area contributed by atoms with Gasteiger partial charge in [-0.2, -0.15) is 0 Å². The second-order valence-electron chi connectivity index (χ2n) is 14.5. The normalized spacial score (nSPS) is 12.3. The third-order valence-electron chi connectivity index (χ3n) is 10.0. The van der Waals surface area contributed by atoms with Gasteiger partial charge in [0.05, 0.1) is 27.4 Å². The maximum absolute atomic E-state index is 13.0. The molecule has 8 nitrogen and oxygen atoms in total. The smallest absolute Gasteiger partial charge is 0.305 e. The van der Waals surface area contributed by atoms with E-state index >= 15 is 0 Å². The third kappa shape index (κ3) is 19.4. The van der Waals surface area contributed by atoms with E-state index in [9.17, 15) is 19.8 Å². The molecule has 294 valence electrons. The lowest BCUT2D eigenvalue weighted by molar-refractivity contribution is -0.149. The van der Waals surface area contributed by atoms with Crippen LogP contribution in [-0.2, 0) is 31.9 Å². The number of ether oxygens (including phenoxy) is 4. The molecule has 2 aromatic rings. The molecule has 0 aliphatic heterocycles. The molecule has 0 bridgehead atoms. The molecule has 0 amide bonds. The molecule has 2 unspecified atom stereocenters. The number of carbonyl (C=O) groups excluding carboxylic acids is 2. The number of hydrogen-bond acceptors (Lipinski definition) is 8. The van der Waals surface area contributed by atoms with Crippen molar-refractivity contribution < 1.29 is 38.7 Å². The molecule has 0 heterocycles. The van der Waals surface area contributed by atoms with Crippen molar-refractivity contribution in [2.24, 2.45) is 11.8 Å². The highest BCUT2D eigenvalue weighted by atomic mass is 16.5. The molecule has 0 spiro atoms. The molecule has 0 aromatic heterocycles. The van der Waals surface area contributed by atoms with E-state index in [-0.39, 0.29) is 48.5 Å². The van der Waals surface area contributed by atoms with E-state index in [1.165, 1.54) is 91.3 Å². The summed E-state index contributed by atoms with van der Waals surface area (Å²) in [6.45, 7) is 4.78. The number of carbonyl (C=O) groups is 2. The maximum Gasteiger partial charge on any atom is 0.305 e. The monoisotopic (exact) mass is 727 g/mol. The van der Waals surface area contributed by atoms with Gasteiger partial charge in [0.2, 0.25) is 0 Å². The van der Waals surface area contributed by atoms with Gasteiger partial charge in [0.15, 0.2) is 23.0 Å². The number of phenolic OH excluding ortho intramolecular Hbond substituents is 2. The molecular formula is C44H70O8. The molecule has 8 heteroatoms. The van der Waals surface area contributed by atoms with Crippen molar-refractivity contribution in [2.45, 2.75) is 155 Å². The molecule has 2 aromatic carbocycles. The summed E-state index contributed by atoms with van der Waals surface area (Å²) < 4.78 is 22.6. The molecule has 2 atom stereocenters. The van der Waals surface area contributed by atoms with Gasteiger partial charge < -0.3 is 29.2 Å². The zero-order chi connectivity index (χ0) is 37.8. The van der Waals surface area contributed by atoms with Crippen LogP contribution in [0.15, 0.2) is 36.4 Å². The minimum Gasteiger partial charge on any atom is -0.504 e. The first-order chi connectivity index (χ1) is 25.3. The molecule has 0 aliphatic rings. The van der Waals surface area contributed by atoms with Crippen molar-refractivity contribution in [3.8, 4) is 23.0 Å². The second-order valence-corrected chi connectivity index (χ2v) is 14.5. The first kappa shape index (κ1) is 44.7. The molecule has 0 aliphatic carbocycles. The Morgan fingerprint density at radius 1 is 0.519 bits per heavy atom. The van der Waals surface area contributed by atoms with Crippen molar-refractivity contribution >= 4 is 11.9 Å². The van der Waals surface area contributed by atoms with Crippen LogP contribution in [0.1, 0.15) is 153 Å². The minimum atomic E-state index is -0.219. The van der Waals surface area contributed by atoms with Crippen LogP contribution in [-0.4, -0.2) is 49.6 Å². The van der Waals surface area contributed by atoms with E-state index in [1.54, 1.807) is 24.3 Å². The van der Waals surface area contributed by atoms with Gasteiger partial charge in [0.25, 0.3) is 0 Å². The van der Waals surface area contributed by atoms with Gasteiger partial charge in [-0.3, -0.25) is 9.59 Å². The standard InChI is InChI=1S/C44H70O8/c1-5-7-9-11-13-15-17-19-21-23-43(47)51-33-37(29-35-25-27-39(45)41(31-35)49-3)38(30-36-26-28-40(46)42(32-36)50-4)34-52-44(48)24-22-20-18-16-14-12-10-8-6-2/h25-28,31-32,37-38,45-46H,5-24,29-30,33-34H2,1-4H3. The number of aromatic hydroxyl groups is 2. The largest absolute Gasteiger partial charge is 0.504 e. The number of benzene rings is 2. The quantitative estimate of drug-likeness (QED) is 0.0583. The summed E-state index contributed by atoms with van der Waals surface area (Å²) in [6, 6.07) is 10.5. The first-order valence-electron chi connectivity index (χ1n) is 20.3.